The Hall–Kier alpha value is -2.71. The molecule has 3 aromatic heterocycles. The molecule has 28 heavy (non-hydrogen) atoms. The largest absolute Gasteiger partial charge is 0.497 e. The molecule has 1 aromatic carbocycles. The Morgan fingerprint density at radius 3 is 2.75 bits per heavy atom. The van der Waals surface area contributed by atoms with Crippen molar-refractivity contribution in [1.82, 2.24) is 24.4 Å². The maximum absolute atomic E-state index is 11.3. The van der Waals surface area contributed by atoms with Crippen LogP contribution in [-0.2, 0) is 6.42 Å². The van der Waals surface area contributed by atoms with Crippen molar-refractivity contribution in [3.05, 3.63) is 58.7 Å². The lowest BCUT2D eigenvalue weighted by Crippen LogP contribution is -2.10. The van der Waals surface area contributed by atoms with Gasteiger partial charge < -0.3 is 9.84 Å². The van der Waals surface area contributed by atoms with Crippen molar-refractivity contribution in [3.63, 3.8) is 0 Å². The van der Waals surface area contributed by atoms with Crippen molar-refractivity contribution in [2.45, 2.75) is 38.2 Å². The Morgan fingerprint density at radius 2 is 2.07 bits per heavy atom. The van der Waals surface area contributed by atoms with Crippen LogP contribution in [0.4, 0.5) is 0 Å². The van der Waals surface area contributed by atoms with Gasteiger partial charge in [0.25, 0.3) is 0 Å². The number of aliphatic hydroxyl groups is 1. The lowest BCUT2D eigenvalue weighted by Gasteiger charge is -2.13. The molecule has 0 radical (unpaired) electrons. The first kappa shape index (κ1) is 17.4. The number of hydrogen-bond donors (Lipinski definition) is 1. The summed E-state index contributed by atoms with van der Waals surface area (Å²) in [6.07, 6.45) is 5.85. The fourth-order valence-electron chi connectivity index (χ4n) is 3.64. The van der Waals surface area contributed by atoms with Crippen molar-refractivity contribution in [1.29, 1.82) is 0 Å². The Bertz CT molecular complexity index is 1120. The molecule has 3 heterocycles. The van der Waals surface area contributed by atoms with Gasteiger partial charge in [-0.15, -0.1) is 16.4 Å². The van der Waals surface area contributed by atoms with Crippen LogP contribution in [0, 0.1) is 0 Å². The van der Waals surface area contributed by atoms with Crippen LogP contribution in [-0.4, -0.2) is 36.6 Å². The van der Waals surface area contributed by atoms with E-state index in [0.29, 0.717) is 18.0 Å². The Balaban J connectivity index is 1.59. The summed E-state index contributed by atoms with van der Waals surface area (Å²) in [6.45, 7) is 2.05. The van der Waals surface area contributed by atoms with E-state index < -0.39 is 6.10 Å². The second kappa shape index (κ2) is 6.72. The maximum Gasteiger partial charge on any atom is 0.141 e. The van der Waals surface area contributed by atoms with E-state index >= 15 is 0 Å². The number of nitrogens with zero attached hydrogens (tertiary/aromatic N) is 5. The van der Waals surface area contributed by atoms with E-state index in [0.717, 1.165) is 27.7 Å². The molecule has 5 rings (SSSR count). The number of fused-ring (bicyclic) bond motifs is 1. The summed E-state index contributed by atoms with van der Waals surface area (Å²) in [5.74, 6) is 1.33. The minimum absolute atomic E-state index is 0.538. The van der Waals surface area contributed by atoms with Crippen LogP contribution in [0.1, 0.15) is 53.7 Å². The SMILES string of the molecule is CCc1c(C(O)c2c(C3CC3)sc3cncn23)nnn1-c1ccc(OC)cc1. The van der Waals surface area contributed by atoms with E-state index in [1.807, 2.05) is 34.9 Å². The third kappa shape index (κ3) is 2.71. The van der Waals surface area contributed by atoms with Gasteiger partial charge in [-0.3, -0.25) is 4.40 Å². The first-order valence-electron chi connectivity index (χ1n) is 9.42. The number of ether oxygens (including phenoxy) is 1. The van der Waals surface area contributed by atoms with E-state index in [4.69, 9.17) is 4.74 Å². The molecule has 0 spiro atoms. The summed E-state index contributed by atoms with van der Waals surface area (Å²) in [6, 6.07) is 7.67. The van der Waals surface area contributed by atoms with E-state index in [1.54, 1.807) is 29.5 Å². The van der Waals surface area contributed by atoms with Crippen molar-refractivity contribution in [2.24, 2.45) is 0 Å². The molecule has 0 aliphatic heterocycles. The third-order valence-corrected chi connectivity index (χ3v) is 6.52. The number of rotatable bonds is 6. The first-order chi connectivity index (χ1) is 13.7. The molecule has 4 aromatic rings. The lowest BCUT2D eigenvalue weighted by atomic mass is 10.1. The van der Waals surface area contributed by atoms with Crippen LogP contribution in [0.2, 0.25) is 0 Å². The fraction of sp³-hybridized carbons (Fsp3) is 0.350. The fourth-order valence-corrected chi connectivity index (χ4v) is 4.94. The maximum atomic E-state index is 11.3. The van der Waals surface area contributed by atoms with E-state index in [1.165, 1.54) is 17.7 Å². The number of aliphatic hydroxyl groups excluding tert-OH is 1. The van der Waals surface area contributed by atoms with Crippen molar-refractivity contribution in [2.75, 3.05) is 7.11 Å². The number of methoxy groups -OCH3 is 1. The van der Waals surface area contributed by atoms with Gasteiger partial charge in [0.2, 0.25) is 0 Å². The normalized spacial score (nSPS) is 15.2. The zero-order chi connectivity index (χ0) is 19.3. The predicted molar refractivity (Wildman–Crippen MR) is 106 cm³/mol. The second-order valence-corrected chi connectivity index (χ2v) is 8.08. The summed E-state index contributed by atoms with van der Waals surface area (Å²) in [4.78, 5) is 6.53. The summed E-state index contributed by atoms with van der Waals surface area (Å²) >= 11 is 1.72. The van der Waals surface area contributed by atoms with Gasteiger partial charge in [-0.1, -0.05) is 12.1 Å². The molecule has 0 saturated heterocycles. The summed E-state index contributed by atoms with van der Waals surface area (Å²) in [5, 5.41) is 20.1. The van der Waals surface area contributed by atoms with Gasteiger partial charge >= 0.3 is 0 Å². The van der Waals surface area contributed by atoms with E-state index in [9.17, 15) is 5.11 Å². The molecule has 144 valence electrons. The van der Waals surface area contributed by atoms with Crippen LogP contribution < -0.4 is 4.74 Å². The molecule has 1 N–H and O–H groups in total. The number of benzene rings is 1. The highest BCUT2D eigenvalue weighted by molar-refractivity contribution is 7.17. The van der Waals surface area contributed by atoms with Crippen LogP contribution in [0.5, 0.6) is 5.75 Å². The first-order valence-corrected chi connectivity index (χ1v) is 10.2. The minimum atomic E-state index is -0.833. The molecular formula is C20H21N5O2S. The number of hydrogen-bond acceptors (Lipinski definition) is 6. The number of aromatic nitrogens is 5. The molecule has 1 fully saturated rings. The van der Waals surface area contributed by atoms with Gasteiger partial charge in [0, 0.05) is 4.88 Å². The molecule has 1 aliphatic carbocycles. The average Bonchev–Trinajstić information content (AvgIpc) is 3.15. The third-order valence-electron chi connectivity index (χ3n) is 5.24. The van der Waals surface area contributed by atoms with Crippen LogP contribution in [0.25, 0.3) is 10.5 Å². The quantitative estimate of drug-likeness (QED) is 0.541. The molecule has 1 atom stereocenters. The Labute approximate surface area is 166 Å². The molecule has 8 heteroatoms. The van der Waals surface area contributed by atoms with Gasteiger partial charge in [0.15, 0.2) is 0 Å². The van der Waals surface area contributed by atoms with Gasteiger partial charge in [0.1, 0.15) is 28.7 Å². The van der Waals surface area contributed by atoms with Gasteiger partial charge in [-0.05, 0) is 49.4 Å². The Morgan fingerprint density at radius 1 is 1.29 bits per heavy atom. The highest BCUT2D eigenvalue weighted by atomic mass is 32.1. The van der Waals surface area contributed by atoms with E-state index in [2.05, 4.69) is 22.2 Å². The molecule has 1 saturated carbocycles. The Kier molecular flexibility index (Phi) is 4.17. The molecule has 0 bridgehead atoms. The zero-order valence-corrected chi connectivity index (χ0v) is 16.6. The van der Waals surface area contributed by atoms with Crippen LogP contribution >= 0.6 is 11.3 Å². The van der Waals surface area contributed by atoms with Crippen molar-refractivity contribution < 1.29 is 9.84 Å². The minimum Gasteiger partial charge on any atom is -0.497 e. The van der Waals surface area contributed by atoms with Crippen molar-refractivity contribution in [3.8, 4) is 11.4 Å². The van der Waals surface area contributed by atoms with Gasteiger partial charge in [-0.25, -0.2) is 9.67 Å². The smallest absolute Gasteiger partial charge is 0.141 e. The topological polar surface area (TPSA) is 77.5 Å². The standard InChI is InChI=1S/C20H21N5O2S/c1-3-15-17(22-23-25(15)13-6-8-14(27-2)9-7-13)19(26)18-20(12-4-5-12)28-16-10-21-11-24(16)18/h6-12,19,26H,3-5H2,1-2H3. The predicted octanol–water partition coefficient (Wildman–Crippen LogP) is 3.51. The van der Waals surface area contributed by atoms with Crippen LogP contribution in [0.15, 0.2) is 36.8 Å². The highest BCUT2D eigenvalue weighted by Gasteiger charge is 2.34. The summed E-state index contributed by atoms with van der Waals surface area (Å²) < 4.78 is 9.03. The molecule has 1 aliphatic rings. The zero-order valence-electron chi connectivity index (χ0n) is 15.7. The molecule has 0 amide bonds. The lowest BCUT2D eigenvalue weighted by molar-refractivity contribution is 0.207. The highest BCUT2D eigenvalue weighted by Crippen LogP contribution is 2.47. The van der Waals surface area contributed by atoms with Gasteiger partial charge in [-0.2, -0.15) is 0 Å². The number of thiazole rings is 1. The van der Waals surface area contributed by atoms with Crippen LogP contribution in [0.3, 0.4) is 0 Å². The molecule has 1 unspecified atom stereocenters. The summed E-state index contributed by atoms with van der Waals surface area (Å²) in [5.41, 5.74) is 3.29. The summed E-state index contributed by atoms with van der Waals surface area (Å²) in [7, 11) is 1.64. The van der Waals surface area contributed by atoms with E-state index in [-0.39, 0.29) is 0 Å². The second-order valence-electron chi connectivity index (χ2n) is 7.02. The molecule has 7 nitrogen and oxygen atoms in total. The molecular weight excluding hydrogens is 374 g/mol. The van der Waals surface area contributed by atoms with Gasteiger partial charge in [0.05, 0.1) is 30.4 Å². The van der Waals surface area contributed by atoms with Crippen molar-refractivity contribution >= 4 is 16.2 Å². The number of imidazole rings is 1. The monoisotopic (exact) mass is 395 g/mol. The average molecular weight is 395 g/mol.